The maximum atomic E-state index is 13.8. The van der Waals surface area contributed by atoms with Crippen molar-refractivity contribution < 1.29 is 14.3 Å². The molecule has 6 heteroatoms. The summed E-state index contributed by atoms with van der Waals surface area (Å²) >= 11 is 0. The highest BCUT2D eigenvalue weighted by atomic mass is 19.1. The molecule has 1 aromatic carbocycles. The summed E-state index contributed by atoms with van der Waals surface area (Å²) in [5, 5.41) is 18.2. The van der Waals surface area contributed by atoms with Crippen LogP contribution < -0.4 is 5.73 Å². The van der Waals surface area contributed by atoms with Crippen LogP contribution in [0.25, 0.3) is 5.69 Å². The van der Waals surface area contributed by atoms with E-state index in [2.05, 4.69) is 0 Å². The van der Waals surface area contributed by atoms with E-state index < -0.39 is 11.8 Å². The van der Waals surface area contributed by atoms with Crippen molar-refractivity contribution in [2.45, 2.75) is 6.92 Å². The Morgan fingerprint density at radius 1 is 1.47 bits per heavy atom. The lowest BCUT2D eigenvalue weighted by Gasteiger charge is -2.09. The number of aromatic carboxylic acids is 1. The second-order valence-electron chi connectivity index (χ2n) is 3.94. The summed E-state index contributed by atoms with van der Waals surface area (Å²) in [6, 6.07) is 7.48. The number of hydrogen-bond acceptors (Lipinski definition) is 3. The molecule has 19 heavy (non-hydrogen) atoms. The maximum absolute atomic E-state index is 13.8. The first-order chi connectivity index (χ1) is 8.99. The van der Waals surface area contributed by atoms with Crippen LogP contribution >= 0.6 is 0 Å². The number of nitrogens with two attached hydrogens (primary N) is 1. The van der Waals surface area contributed by atoms with E-state index in [1.165, 1.54) is 25.1 Å². The zero-order valence-electron chi connectivity index (χ0n) is 10.0. The second-order valence-corrected chi connectivity index (χ2v) is 3.94. The molecule has 0 unspecified atom stereocenters. The number of carboxylic acids is 1. The van der Waals surface area contributed by atoms with Crippen LogP contribution in [0.5, 0.6) is 0 Å². The molecule has 0 fully saturated rings. The van der Waals surface area contributed by atoms with Crippen molar-refractivity contribution in [3.8, 4) is 11.8 Å². The van der Waals surface area contributed by atoms with Crippen LogP contribution in [-0.4, -0.2) is 15.6 Å². The third-order valence-corrected chi connectivity index (χ3v) is 2.86. The predicted octanol–water partition coefficient (Wildman–Crippen LogP) is 2.08. The molecule has 5 nitrogen and oxygen atoms in total. The predicted molar refractivity (Wildman–Crippen MR) is 66.6 cm³/mol. The van der Waals surface area contributed by atoms with Gasteiger partial charge in [-0.3, -0.25) is 4.57 Å². The fourth-order valence-corrected chi connectivity index (χ4v) is 1.99. The standard InChI is InChI=1S/C13H10FN3O2/c1-7-8(6-15)12(16)17(11(7)13(18)19)10-5-3-2-4-9(10)14/h2-5H,16H2,1H3,(H,18,19). The largest absolute Gasteiger partial charge is 0.477 e. The number of nitrogen functional groups attached to an aromatic ring is 1. The number of halogens is 1. The highest BCUT2D eigenvalue weighted by Gasteiger charge is 2.25. The van der Waals surface area contributed by atoms with Crippen LogP contribution in [0, 0.1) is 24.1 Å². The van der Waals surface area contributed by atoms with Crippen molar-refractivity contribution in [2.75, 3.05) is 5.73 Å². The van der Waals surface area contributed by atoms with Crippen LogP contribution in [0.3, 0.4) is 0 Å². The van der Waals surface area contributed by atoms with Gasteiger partial charge in [0.25, 0.3) is 0 Å². The Labute approximate surface area is 108 Å². The third-order valence-electron chi connectivity index (χ3n) is 2.86. The van der Waals surface area contributed by atoms with Crippen LogP contribution in [0.15, 0.2) is 24.3 Å². The molecular formula is C13H10FN3O2. The summed E-state index contributed by atoms with van der Waals surface area (Å²) in [5.74, 6) is -1.97. The van der Waals surface area contributed by atoms with Crippen molar-refractivity contribution in [1.29, 1.82) is 5.26 Å². The summed E-state index contributed by atoms with van der Waals surface area (Å²) in [4.78, 5) is 11.3. The van der Waals surface area contributed by atoms with Gasteiger partial charge in [0.2, 0.25) is 0 Å². The first kappa shape index (κ1) is 12.6. The fourth-order valence-electron chi connectivity index (χ4n) is 1.99. The van der Waals surface area contributed by atoms with Crippen LogP contribution in [0.1, 0.15) is 21.6 Å². The molecule has 96 valence electrons. The average molecular weight is 259 g/mol. The van der Waals surface area contributed by atoms with Crippen molar-refractivity contribution in [3.63, 3.8) is 0 Å². The zero-order chi connectivity index (χ0) is 14.2. The molecule has 2 aromatic rings. The molecule has 0 radical (unpaired) electrons. The Balaban J connectivity index is 2.88. The van der Waals surface area contributed by atoms with Gasteiger partial charge in [-0.1, -0.05) is 12.1 Å². The molecule has 0 aliphatic rings. The lowest BCUT2D eigenvalue weighted by Crippen LogP contribution is -2.11. The van der Waals surface area contributed by atoms with Gasteiger partial charge >= 0.3 is 5.97 Å². The number of rotatable bonds is 2. The van der Waals surface area contributed by atoms with E-state index >= 15 is 0 Å². The lowest BCUT2D eigenvalue weighted by atomic mass is 10.2. The minimum absolute atomic E-state index is 0.00185. The van der Waals surface area contributed by atoms with Gasteiger partial charge in [-0.15, -0.1) is 0 Å². The van der Waals surface area contributed by atoms with Gasteiger partial charge in [-0.25, -0.2) is 9.18 Å². The first-order valence-corrected chi connectivity index (χ1v) is 5.38. The molecule has 0 saturated carbocycles. The molecular weight excluding hydrogens is 249 g/mol. The second kappa shape index (κ2) is 4.46. The van der Waals surface area contributed by atoms with Gasteiger partial charge in [0.15, 0.2) is 0 Å². The van der Waals surface area contributed by atoms with E-state index in [1.54, 1.807) is 6.07 Å². The Hall–Kier alpha value is -2.81. The van der Waals surface area contributed by atoms with E-state index in [-0.39, 0.29) is 28.3 Å². The number of para-hydroxylation sites is 1. The topological polar surface area (TPSA) is 92.0 Å². The van der Waals surface area contributed by atoms with E-state index in [4.69, 9.17) is 11.0 Å². The quantitative estimate of drug-likeness (QED) is 0.863. The zero-order valence-corrected chi connectivity index (χ0v) is 10.0. The van der Waals surface area contributed by atoms with Crippen molar-refractivity contribution in [3.05, 3.63) is 46.9 Å². The molecule has 2 rings (SSSR count). The summed E-state index contributed by atoms with van der Waals surface area (Å²) in [6.45, 7) is 1.47. The third kappa shape index (κ3) is 1.81. The normalized spacial score (nSPS) is 10.2. The van der Waals surface area contributed by atoms with Gasteiger partial charge in [-0.2, -0.15) is 5.26 Å². The Kier molecular flexibility index (Phi) is 2.97. The summed E-state index contributed by atoms with van der Waals surface area (Å²) in [7, 11) is 0. The molecule has 0 atom stereocenters. The highest BCUT2D eigenvalue weighted by Crippen LogP contribution is 2.29. The van der Waals surface area contributed by atoms with Gasteiger partial charge in [0.05, 0.1) is 11.3 Å². The summed E-state index contributed by atoms with van der Waals surface area (Å²) in [5.41, 5.74) is 5.82. The van der Waals surface area contributed by atoms with E-state index in [9.17, 15) is 14.3 Å². The number of hydrogen-bond donors (Lipinski definition) is 2. The van der Waals surface area contributed by atoms with Crippen molar-refractivity contribution in [2.24, 2.45) is 0 Å². The summed E-state index contributed by atoms with van der Waals surface area (Å²) in [6.07, 6.45) is 0. The smallest absolute Gasteiger partial charge is 0.353 e. The Morgan fingerprint density at radius 2 is 2.11 bits per heavy atom. The first-order valence-electron chi connectivity index (χ1n) is 5.38. The molecule has 0 aliphatic carbocycles. The van der Waals surface area contributed by atoms with Crippen molar-refractivity contribution >= 4 is 11.8 Å². The summed E-state index contributed by atoms with van der Waals surface area (Å²) < 4.78 is 14.8. The lowest BCUT2D eigenvalue weighted by molar-refractivity contribution is 0.0687. The number of nitrogens with zero attached hydrogens (tertiary/aromatic N) is 2. The number of carbonyl (C=O) groups is 1. The SMILES string of the molecule is Cc1c(C#N)c(N)n(-c2ccccc2F)c1C(=O)O. The van der Waals surface area contributed by atoms with E-state index in [0.29, 0.717) is 0 Å². The van der Waals surface area contributed by atoms with Crippen LogP contribution in [0.4, 0.5) is 10.2 Å². The monoisotopic (exact) mass is 259 g/mol. The minimum Gasteiger partial charge on any atom is -0.477 e. The highest BCUT2D eigenvalue weighted by molar-refractivity contribution is 5.91. The average Bonchev–Trinajstić information content (AvgIpc) is 2.61. The molecule has 1 aromatic heterocycles. The van der Waals surface area contributed by atoms with E-state index in [0.717, 1.165) is 4.57 Å². The maximum Gasteiger partial charge on any atom is 0.353 e. The Bertz CT molecular complexity index is 713. The van der Waals surface area contributed by atoms with E-state index in [1.807, 2.05) is 6.07 Å². The number of nitriles is 1. The molecule has 0 aliphatic heterocycles. The minimum atomic E-state index is -1.27. The molecule has 0 saturated heterocycles. The van der Waals surface area contributed by atoms with Gasteiger partial charge in [-0.05, 0) is 19.1 Å². The molecule has 3 N–H and O–H groups in total. The molecule has 1 heterocycles. The molecule has 0 spiro atoms. The van der Waals surface area contributed by atoms with Gasteiger partial charge < -0.3 is 10.8 Å². The van der Waals surface area contributed by atoms with Gasteiger partial charge in [0.1, 0.15) is 23.4 Å². The number of benzene rings is 1. The van der Waals surface area contributed by atoms with Gasteiger partial charge in [0, 0.05) is 5.56 Å². The number of aromatic nitrogens is 1. The molecule has 0 bridgehead atoms. The van der Waals surface area contributed by atoms with Crippen LogP contribution in [-0.2, 0) is 0 Å². The molecule has 0 amide bonds. The van der Waals surface area contributed by atoms with Crippen LogP contribution in [0.2, 0.25) is 0 Å². The number of carboxylic acid groups (broad SMARTS) is 1. The Morgan fingerprint density at radius 3 is 2.63 bits per heavy atom. The number of anilines is 1. The van der Waals surface area contributed by atoms with Crippen molar-refractivity contribution in [1.82, 2.24) is 4.57 Å². The fraction of sp³-hybridized carbons (Fsp3) is 0.0769.